The number of aliphatic hydroxyl groups is 1. The molecular weight excluding hydrogens is 210 g/mol. The number of carboxylic acid groups (broad SMARTS) is 1. The standard InChI is InChI=1S/C11H17NO4/c13-8-5-9(11(15)16)12(6-8)10(14)4-7-2-1-3-7/h7-9,13H,1-6H2,(H,15,16)/t8?,9-/m0/s1. The summed E-state index contributed by atoms with van der Waals surface area (Å²) in [5.74, 6) is -0.702. The van der Waals surface area contributed by atoms with Crippen molar-refractivity contribution in [1.29, 1.82) is 0 Å². The molecule has 2 atom stereocenters. The third kappa shape index (κ3) is 2.19. The number of hydrogen-bond acceptors (Lipinski definition) is 3. The molecule has 0 spiro atoms. The minimum Gasteiger partial charge on any atom is -0.480 e. The summed E-state index contributed by atoms with van der Waals surface area (Å²) in [6.45, 7) is 0.169. The van der Waals surface area contributed by atoms with Gasteiger partial charge in [-0.3, -0.25) is 4.79 Å². The lowest BCUT2D eigenvalue weighted by atomic mass is 9.82. The zero-order chi connectivity index (χ0) is 11.7. The van der Waals surface area contributed by atoms with E-state index in [1.54, 1.807) is 0 Å². The summed E-state index contributed by atoms with van der Waals surface area (Å²) < 4.78 is 0. The molecule has 0 aromatic heterocycles. The van der Waals surface area contributed by atoms with Gasteiger partial charge in [-0.25, -0.2) is 4.79 Å². The minimum absolute atomic E-state index is 0.117. The first-order chi connectivity index (χ1) is 7.58. The number of amides is 1. The Hall–Kier alpha value is -1.10. The van der Waals surface area contributed by atoms with Crippen molar-refractivity contribution in [3.63, 3.8) is 0 Å². The highest BCUT2D eigenvalue weighted by Gasteiger charge is 2.39. The zero-order valence-corrected chi connectivity index (χ0v) is 9.13. The number of carbonyl (C=O) groups is 2. The molecule has 0 aromatic rings. The Morgan fingerprint density at radius 2 is 2.00 bits per heavy atom. The number of β-amino-alcohol motifs (C(OH)–C–C–N with tert-alkyl or cyclic N) is 1. The number of hydrogen-bond donors (Lipinski definition) is 2. The number of carboxylic acids is 1. The monoisotopic (exact) mass is 227 g/mol. The Kier molecular flexibility index (Phi) is 3.14. The molecule has 1 unspecified atom stereocenters. The van der Waals surface area contributed by atoms with Crippen molar-refractivity contribution in [2.24, 2.45) is 5.92 Å². The number of carbonyl (C=O) groups excluding carboxylic acids is 1. The molecular formula is C11H17NO4. The number of aliphatic carboxylic acids is 1. The van der Waals surface area contributed by atoms with Gasteiger partial charge in [0.1, 0.15) is 6.04 Å². The molecule has 16 heavy (non-hydrogen) atoms. The van der Waals surface area contributed by atoms with Gasteiger partial charge in [-0.2, -0.15) is 0 Å². The summed E-state index contributed by atoms with van der Waals surface area (Å²) in [7, 11) is 0. The topological polar surface area (TPSA) is 77.8 Å². The lowest BCUT2D eigenvalue weighted by molar-refractivity contribution is -0.148. The molecule has 2 N–H and O–H groups in total. The van der Waals surface area contributed by atoms with Crippen LogP contribution in [-0.2, 0) is 9.59 Å². The van der Waals surface area contributed by atoms with E-state index in [1.165, 1.54) is 11.3 Å². The maximum atomic E-state index is 11.9. The second-order valence-electron chi connectivity index (χ2n) is 4.79. The fourth-order valence-electron chi connectivity index (χ4n) is 2.38. The fraction of sp³-hybridized carbons (Fsp3) is 0.818. The highest BCUT2D eigenvalue weighted by molar-refractivity contribution is 5.84. The molecule has 1 saturated heterocycles. The SMILES string of the molecule is O=C(O)[C@@H]1CC(O)CN1C(=O)CC1CCC1. The van der Waals surface area contributed by atoms with Crippen molar-refractivity contribution in [2.45, 2.75) is 44.2 Å². The first-order valence-corrected chi connectivity index (χ1v) is 5.78. The van der Waals surface area contributed by atoms with Gasteiger partial charge in [0.15, 0.2) is 0 Å². The average molecular weight is 227 g/mol. The number of nitrogens with zero attached hydrogens (tertiary/aromatic N) is 1. The van der Waals surface area contributed by atoms with Gasteiger partial charge >= 0.3 is 5.97 Å². The molecule has 0 bridgehead atoms. The number of aliphatic hydroxyl groups excluding tert-OH is 1. The van der Waals surface area contributed by atoms with E-state index in [2.05, 4.69) is 0 Å². The molecule has 2 fully saturated rings. The van der Waals surface area contributed by atoms with E-state index in [9.17, 15) is 14.7 Å². The van der Waals surface area contributed by atoms with Gasteiger partial charge in [-0.15, -0.1) is 0 Å². The van der Waals surface area contributed by atoms with Crippen LogP contribution in [0.4, 0.5) is 0 Å². The average Bonchev–Trinajstić information content (AvgIpc) is 2.53. The van der Waals surface area contributed by atoms with Crippen LogP contribution >= 0.6 is 0 Å². The van der Waals surface area contributed by atoms with E-state index in [4.69, 9.17) is 5.11 Å². The smallest absolute Gasteiger partial charge is 0.326 e. The molecule has 1 saturated carbocycles. The van der Waals surface area contributed by atoms with Crippen LogP contribution in [0.5, 0.6) is 0 Å². The summed E-state index contributed by atoms with van der Waals surface area (Å²) in [4.78, 5) is 24.1. The van der Waals surface area contributed by atoms with Gasteiger partial charge < -0.3 is 15.1 Å². The predicted octanol–water partition coefficient (Wildman–Crippen LogP) is 0.223. The zero-order valence-electron chi connectivity index (χ0n) is 9.13. The first kappa shape index (κ1) is 11.4. The van der Waals surface area contributed by atoms with Crippen LogP contribution in [0.25, 0.3) is 0 Å². The van der Waals surface area contributed by atoms with Crippen molar-refractivity contribution < 1.29 is 19.8 Å². The lowest BCUT2D eigenvalue weighted by Crippen LogP contribution is -2.41. The molecule has 0 radical (unpaired) electrons. The van der Waals surface area contributed by atoms with Gasteiger partial charge in [0.2, 0.25) is 5.91 Å². The summed E-state index contributed by atoms with van der Waals surface area (Å²) in [5, 5.41) is 18.4. The molecule has 5 heteroatoms. The second kappa shape index (κ2) is 4.41. The van der Waals surface area contributed by atoms with E-state index in [-0.39, 0.29) is 18.9 Å². The number of likely N-dealkylation sites (tertiary alicyclic amines) is 1. The van der Waals surface area contributed by atoms with Gasteiger partial charge in [0.05, 0.1) is 6.10 Å². The van der Waals surface area contributed by atoms with Crippen LogP contribution in [0.2, 0.25) is 0 Å². The van der Waals surface area contributed by atoms with Crippen LogP contribution in [-0.4, -0.2) is 45.7 Å². The Bertz CT molecular complexity index is 300. The van der Waals surface area contributed by atoms with Crippen molar-refractivity contribution in [3.05, 3.63) is 0 Å². The molecule has 0 aromatic carbocycles. The third-order valence-electron chi connectivity index (χ3n) is 3.57. The maximum Gasteiger partial charge on any atom is 0.326 e. The van der Waals surface area contributed by atoms with Crippen molar-refractivity contribution in [2.75, 3.05) is 6.54 Å². The summed E-state index contributed by atoms with van der Waals surface area (Å²) in [6.07, 6.45) is 3.22. The summed E-state index contributed by atoms with van der Waals surface area (Å²) in [6, 6.07) is -0.831. The van der Waals surface area contributed by atoms with Crippen LogP contribution < -0.4 is 0 Å². The fourth-order valence-corrected chi connectivity index (χ4v) is 2.38. The van der Waals surface area contributed by atoms with Crippen LogP contribution in [0.15, 0.2) is 0 Å². The van der Waals surface area contributed by atoms with Gasteiger partial charge in [0, 0.05) is 19.4 Å². The Morgan fingerprint density at radius 3 is 2.50 bits per heavy atom. The largest absolute Gasteiger partial charge is 0.480 e. The molecule has 2 rings (SSSR count). The van der Waals surface area contributed by atoms with Crippen molar-refractivity contribution >= 4 is 11.9 Å². The van der Waals surface area contributed by atoms with E-state index >= 15 is 0 Å². The van der Waals surface area contributed by atoms with E-state index < -0.39 is 18.1 Å². The van der Waals surface area contributed by atoms with Crippen LogP contribution in [0, 0.1) is 5.92 Å². The van der Waals surface area contributed by atoms with Crippen LogP contribution in [0.1, 0.15) is 32.1 Å². The molecule has 1 heterocycles. The van der Waals surface area contributed by atoms with E-state index in [0.717, 1.165) is 12.8 Å². The molecule has 5 nitrogen and oxygen atoms in total. The third-order valence-corrected chi connectivity index (χ3v) is 3.57. The normalized spacial score (nSPS) is 30.2. The van der Waals surface area contributed by atoms with E-state index in [1.807, 2.05) is 0 Å². The Labute approximate surface area is 94.0 Å². The molecule has 90 valence electrons. The van der Waals surface area contributed by atoms with Crippen LogP contribution in [0.3, 0.4) is 0 Å². The minimum atomic E-state index is -1.02. The quantitative estimate of drug-likeness (QED) is 0.723. The predicted molar refractivity (Wildman–Crippen MR) is 55.7 cm³/mol. The van der Waals surface area contributed by atoms with Gasteiger partial charge in [0.25, 0.3) is 0 Å². The first-order valence-electron chi connectivity index (χ1n) is 5.78. The molecule has 1 aliphatic heterocycles. The molecule has 1 aliphatic carbocycles. The number of rotatable bonds is 3. The van der Waals surface area contributed by atoms with Gasteiger partial charge in [-0.05, 0) is 18.8 Å². The summed E-state index contributed by atoms with van der Waals surface area (Å²) >= 11 is 0. The molecule has 2 aliphatic rings. The van der Waals surface area contributed by atoms with Gasteiger partial charge in [-0.1, -0.05) is 6.42 Å². The maximum absolute atomic E-state index is 11.9. The second-order valence-corrected chi connectivity index (χ2v) is 4.79. The molecule has 1 amide bonds. The lowest BCUT2D eigenvalue weighted by Gasteiger charge is -2.28. The Morgan fingerprint density at radius 1 is 1.31 bits per heavy atom. The van der Waals surface area contributed by atoms with Crippen molar-refractivity contribution in [1.82, 2.24) is 4.90 Å². The summed E-state index contributed by atoms with van der Waals surface area (Å²) in [5.41, 5.74) is 0. The highest BCUT2D eigenvalue weighted by Crippen LogP contribution is 2.31. The Balaban J connectivity index is 1.95. The highest BCUT2D eigenvalue weighted by atomic mass is 16.4. The van der Waals surface area contributed by atoms with Crippen molar-refractivity contribution in [3.8, 4) is 0 Å². The van der Waals surface area contributed by atoms with E-state index in [0.29, 0.717) is 12.3 Å².